The van der Waals surface area contributed by atoms with Crippen molar-refractivity contribution in [2.24, 2.45) is 5.92 Å². The Labute approximate surface area is 130 Å². The highest BCUT2D eigenvalue weighted by Crippen LogP contribution is 2.29. The minimum atomic E-state index is -4.45. The lowest BCUT2D eigenvalue weighted by molar-refractivity contribution is -0.141. The van der Waals surface area contributed by atoms with Gasteiger partial charge in [0.1, 0.15) is 0 Å². The number of aliphatic hydroxyl groups is 1. The molecule has 126 valence electrons. The molecular formula is C14H18F3N5O. The van der Waals surface area contributed by atoms with Crippen molar-refractivity contribution in [1.29, 1.82) is 0 Å². The summed E-state index contributed by atoms with van der Waals surface area (Å²) >= 11 is 0. The number of halogens is 3. The molecule has 0 aromatic carbocycles. The van der Waals surface area contributed by atoms with Gasteiger partial charge in [0, 0.05) is 37.2 Å². The predicted molar refractivity (Wildman–Crippen MR) is 75.2 cm³/mol. The van der Waals surface area contributed by atoms with Crippen molar-refractivity contribution in [3.63, 3.8) is 0 Å². The molecule has 0 bridgehead atoms. The third-order valence-electron chi connectivity index (χ3n) is 4.13. The van der Waals surface area contributed by atoms with Gasteiger partial charge in [-0.2, -0.15) is 18.3 Å². The number of nitrogens with zero attached hydrogens (tertiary/aromatic N) is 3. The summed E-state index contributed by atoms with van der Waals surface area (Å²) in [6, 6.07) is 0.846. The van der Waals surface area contributed by atoms with Gasteiger partial charge in [0.25, 0.3) is 0 Å². The minimum Gasteiger partial charge on any atom is -0.391 e. The molecule has 2 aromatic heterocycles. The molecule has 1 saturated carbocycles. The molecule has 1 aliphatic carbocycles. The molecule has 0 radical (unpaired) electrons. The summed E-state index contributed by atoms with van der Waals surface area (Å²) in [7, 11) is 0. The van der Waals surface area contributed by atoms with Crippen LogP contribution in [0.4, 0.5) is 13.2 Å². The smallest absolute Gasteiger partial charge is 0.391 e. The normalized spacial score (nSPS) is 25.1. The van der Waals surface area contributed by atoms with Gasteiger partial charge in [-0.25, -0.2) is 4.98 Å². The highest BCUT2D eigenvalue weighted by Gasteiger charge is 2.35. The molecular weight excluding hydrogens is 311 g/mol. The third kappa shape index (κ3) is 3.91. The molecule has 3 rings (SSSR count). The van der Waals surface area contributed by atoms with E-state index in [1.807, 2.05) is 10.8 Å². The van der Waals surface area contributed by atoms with E-state index in [0.717, 1.165) is 19.0 Å². The van der Waals surface area contributed by atoms with Crippen molar-refractivity contribution in [2.45, 2.75) is 44.3 Å². The maximum absolute atomic E-state index is 12.5. The molecule has 0 spiro atoms. The van der Waals surface area contributed by atoms with Gasteiger partial charge in [0.15, 0.2) is 5.69 Å². The molecule has 3 N–H and O–H groups in total. The Morgan fingerprint density at radius 1 is 1.39 bits per heavy atom. The lowest BCUT2D eigenvalue weighted by Gasteiger charge is -2.15. The van der Waals surface area contributed by atoms with Crippen molar-refractivity contribution < 1.29 is 18.3 Å². The van der Waals surface area contributed by atoms with Crippen LogP contribution in [0.2, 0.25) is 0 Å². The largest absolute Gasteiger partial charge is 0.435 e. The number of nitrogens with one attached hydrogen (secondary N) is 2. The van der Waals surface area contributed by atoms with Crippen LogP contribution in [0.25, 0.3) is 0 Å². The molecule has 1 unspecified atom stereocenters. The molecule has 0 aliphatic heterocycles. The summed E-state index contributed by atoms with van der Waals surface area (Å²) in [6.07, 6.45) is 1.78. The van der Waals surface area contributed by atoms with Crippen LogP contribution in [0, 0.1) is 5.92 Å². The Morgan fingerprint density at radius 3 is 2.87 bits per heavy atom. The van der Waals surface area contributed by atoms with Crippen LogP contribution in [0.5, 0.6) is 0 Å². The molecule has 23 heavy (non-hydrogen) atoms. The molecule has 3 atom stereocenters. The first-order valence-corrected chi connectivity index (χ1v) is 7.40. The number of aliphatic hydroxyl groups excluding tert-OH is 1. The van der Waals surface area contributed by atoms with E-state index in [1.54, 1.807) is 12.5 Å². The average Bonchev–Trinajstić information content (AvgIpc) is 3.18. The second kappa shape index (κ2) is 6.32. The van der Waals surface area contributed by atoms with Crippen molar-refractivity contribution in [1.82, 2.24) is 25.1 Å². The van der Waals surface area contributed by atoms with Gasteiger partial charge in [-0.1, -0.05) is 0 Å². The van der Waals surface area contributed by atoms with E-state index in [2.05, 4.69) is 20.5 Å². The quantitative estimate of drug-likeness (QED) is 0.778. The Morgan fingerprint density at radius 2 is 2.22 bits per heavy atom. The molecule has 6 nitrogen and oxygen atoms in total. The standard InChI is InChI=1S/C14H18F3N5O/c15-14(16,17)13-5-10(20-21-13)6-19-11-3-9(4-12(11)23)7-22-2-1-18-8-22/h1-2,5,8-9,11-12,19,23H,3-4,6-7H2,(H,20,21)/t9?,11-,12-/m1/s1. The average molecular weight is 329 g/mol. The first-order chi connectivity index (χ1) is 10.9. The fourth-order valence-corrected chi connectivity index (χ4v) is 3.02. The predicted octanol–water partition coefficient (Wildman–Crippen LogP) is 1.55. The number of H-pyrrole nitrogens is 1. The first-order valence-electron chi connectivity index (χ1n) is 7.40. The van der Waals surface area contributed by atoms with Gasteiger partial charge in [0.2, 0.25) is 0 Å². The van der Waals surface area contributed by atoms with Gasteiger partial charge in [-0.15, -0.1) is 0 Å². The van der Waals surface area contributed by atoms with Crippen molar-refractivity contribution in [3.8, 4) is 0 Å². The van der Waals surface area contributed by atoms with Crippen LogP contribution in [-0.4, -0.2) is 37.0 Å². The fraction of sp³-hybridized carbons (Fsp3) is 0.571. The third-order valence-corrected chi connectivity index (χ3v) is 4.13. The summed E-state index contributed by atoms with van der Waals surface area (Å²) in [5.41, 5.74) is -0.582. The van der Waals surface area contributed by atoms with Crippen LogP contribution in [-0.2, 0) is 19.3 Å². The maximum Gasteiger partial charge on any atom is 0.435 e. The van der Waals surface area contributed by atoms with Gasteiger partial charge in [-0.3, -0.25) is 5.10 Å². The number of alkyl halides is 3. The summed E-state index contributed by atoms with van der Waals surface area (Å²) in [6.45, 7) is 0.986. The van der Waals surface area contributed by atoms with Gasteiger partial charge < -0.3 is 15.0 Å². The molecule has 1 fully saturated rings. The second-order valence-corrected chi connectivity index (χ2v) is 5.93. The first kappa shape index (κ1) is 16.0. The monoisotopic (exact) mass is 329 g/mol. The van der Waals surface area contributed by atoms with Crippen LogP contribution in [0.1, 0.15) is 24.2 Å². The van der Waals surface area contributed by atoms with Gasteiger partial charge >= 0.3 is 6.18 Å². The molecule has 0 saturated heterocycles. The summed E-state index contributed by atoms with van der Waals surface area (Å²) in [4.78, 5) is 3.98. The lowest BCUT2D eigenvalue weighted by Crippen LogP contribution is -2.35. The van der Waals surface area contributed by atoms with Crippen LogP contribution >= 0.6 is 0 Å². The summed E-state index contributed by atoms with van der Waals surface area (Å²) in [5, 5.41) is 18.8. The van der Waals surface area contributed by atoms with Crippen LogP contribution < -0.4 is 5.32 Å². The van der Waals surface area contributed by atoms with E-state index >= 15 is 0 Å². The highest BCUT2D eigenvalue weighted by atomic mass is 19.4. The summed E-state index contributed by atoms with van der Waals surface area (Å²) in [5.74, 6) is 0.309. The Kier molecular flexibility index (Phi) is 4.40. The zero-order valence-corrected chi connectivity index (χ0v) is 12.3. The van der Waals surface area contributed by atoms with Crippen molar-refractivity contribution in [3.05, 3.63) is 36.2 Å². The van der Waals surface area contributed by atoms with E-state index in [1.165, 1.54) is 0 Å². The fourth-order valence-electron chi connectivity index (χ4n) is 3.02. The van der Waals surface area contributed by atoms with Gasteiger partial charge in [0.05, 0.1) is 12.4 Å². The van der Waals surface area contributed by atoms with Crippen LogP contribution in [0.3, 0.4) is 0 Å². The Hall–Kier alpha value is -1.87. The topological polar surface area (TPSA) is 78.8 Å². The van der Waals surface area contributed by atoms with E-state index in [0.29, 0.717) is 18.0 Å². The Bertz CT molecular complexity index is 625. The van der Waals surface area contributed by atoms with Gasteiger partial charge in [-0.05, 0) is 24.8 Å². The zero-order valence-electron chi connectivity index (χ0n) is 12.3. The number of imidazole rings is 1. The molecule has 2 heterocycles. The van der Waals surface area contributed by atoms with Crippen molar-refractivity contribution in [2.75, 3.05) is 0 Å². The molecule has 1 aliphatic rings. The Balaban J connectivity index is 1.51. The number of hydrogen-bond acceptors (Lipinski definition) is 4. The maximum atomic E-state index is 12.5. The second-order valence-electron chi connectivity index (χ2n) is 5.93. The number of aromatic nitrogens is 4. The lowest BCUT2D eigenvalue weighted by atomic mass is 10.1. The van der Waals surface area contributed by atoms with E-state index in [9.17, 15) is 18.3 Å². The summed E-state index contributed by atoms with van der Waals surface area (Å²) < 4.78 is 39.4. The molecule has 9 heteroatoms. The SMILES string of the molecule is O[C@@H]1CC(Cn2ccnc2)C[C@H]1NCc1cc(C(F)(F)F)n[nH]1. The minimum absolute atomic E-state index is 0.138. The van der Waals surface area contributed by atoms with E-state index in [4.69, 9.17) is 0 Å². The highest BCUT2D eigenvalue weighted by molar-refractivity contribution is 5.11. The molecule has 0 amide bonds. The number of aromatic amines is 1. The molecule has 2 aromatic rings. The van der Waals surface area contributed by atoms with E-state index < -0.39 is 18.0 Å². The zero-order chi connectivity index (χ0) is 16.4. The van der Waals surface area contributed by atoms with Crippen LogP contribution in [0.15, 0.2) is 24.8 Å². The van der Waals surface area contributed by atoms with E-state index in [-0.39, 0.29) is 12.6 Å². The number of hydrogen-bond donors (Lipinski definition) is 3. The number of rotatable bonds is 5. The van der Waals surface area contributed by atoms with Crippen molar-refractivity contribution >= 4 is 0 Å².